The molecule has 0 heterocycles. The lowest BCUT2D eigenvalue weighted by molar-refractivity contribution is -0.104. The van der Waals surface area contributed by atoms with Crippen LogP contribution in [-0.2, 0) is 11.2 Å². The van der Waals surface area contributed by atoms with Crippen molar-refractivity contribution in [1.82, 2.24) is 0 Å². The SMILES string of the molecule is CCCc1ccccc1/C(C)=C/C=O. The van der Waals surface area contributed by atoms with E-state index in [9.17, 15) is 4.79 Å². The van der Waals surface area contributed by atoms with Gasteiger partial charge in [0, 0.05) is 0 Å². The molecular formula is C13H16O. The fourth-order valence-electron chi connectivity index (χ4n) is 1.58. The normalized spacial score (nSPS) is 11.4. The second-order valence-corrected chi connectivity index (χ2v) is 3.39. The monoisotopic (exact) mass is 188 g/mol. The Morgan fingerprint density at radius 3 is 2.71 bits per heavy atom. The van der Waals surface area contributed by atoms with Gasteiger partial charge in [0.15, 0.2) is 0 Å². The molecule has 0 aliphatic carbocycles. The van der Waals surface area contributed by atoms with Crippen LogP contribution in [0, 0.1) is 0 Å². The molecule has 0 aliphatic heterocycles. The molecule has 14 heavy (non-hydrogen) atoms. The van der Waals surface area contributed by atoms with Gasteiger partial charge < -0.3 is 0 Å². The highest BCUT2D eigenvalue weighted by Crippen LogP contribution is 2.19. The smallest absolute Gasteiger partial charge is 0.143 e. The minimum absolute atomic E-state index is 0.845. The zero-order chi connectivity index (χ0) is 10.4. The molecule has 0 saturated heterocycles. The van der Waals surface area contributed by atoms with Gasteiger partial charge >= 0.3 is 0 Å². The van der Waals surface area contributed by atoms with E-state index in [2.05, 4.69) is 19.1 Å². The molecule has 0 N–H and O–H groups in total. The van der Waals surface area contributed by atoms with Gasteiger partial charge in [-0.15, -0.1) is 0 Å². The first-order valence-corrected chi connectivity index (χ1v) is 5.00. The van der Waals surface area contributed by atoms with Gasteiger partial charge in [-0.3, -0.25) is 4.79 Å². The van der Waals surface area contributed by atoms with Crippen LogP contribution >= 0.6 is 0 Å². The van der Waals surface area contributed by atoms with Gasteiger partial charge in [0.05, 0.1) is 0 Å². The predicted octanol–water partition coefficient (Wildman–Crippen LogP) is 3.24. The molecule has 1 heteroatoms. The lowest BCUT2D eigenvalue weighted by Crippen LogP contribution is -1.91. The largest absolute Gasteiger partial charge is 0.299 e. The summed E-state index contributed by atoms with van der Waals surface area (Å²) in [6.45, 7) is 4.14. The molecule has 0 unspecified atom stereocenters. The van der Waals surface area contributed by atoms with E-state index < -0.39 is 0 Å². The first-order chi connectivity index (χ1) is 6.79. The minimum atomic E-state index is 0.845. The van der Waals surface area contributed by atoms with E-state index in [0.717, 1.165) is 24.7 Å². The number of hydrogen-bond acceptors (Lipinski definition) is 1. The van der Waals surface area contributed by atoms with Crippen molar-refractivity contribution < 1.29 is 4.79 Å². The summed E-state index contributed by atoms with van der Waals surface area (Å²) in [4.78, 5) is 10.4. The molecule has 1 aromatic carbocycles. The molecule has 0 saturated carbocycles. The van der Waals surface area contributed by atoms with Crippen molar-refractivity contribution in [2.75, 3.05) is 0 Å². The van der Waals surface area contributed by atoms with Gasteiger partial charge in [-0.25, -0.2) is 0 Å². The first-order valence-electron chi connectivity index (χ1n) is 5.00. The topological polar surface area (TPSA) is 17.1 Å². The summed E-state index contributed by atoms with van der Waals surface area (Å²) in [6.07, 6.45) is 4.66. The molecular weight excluding hydrogens is 172 g/mol. The van der Waals surface area contributed by atoms with Crippen molar-refractivity contribution in [2.45, 2.75) is 26.7 Å². The highest BCUT2D eigenvalue weighted by Gasteiger charge is 2.01. The van der Waals surface area contributed by atoms with Crippen LogP contribution < -0.4 is 0 Å². The lowest BCUT2D eigenvalue weighted by Gasteiger charge is -2.07. The molecule has 1 nitrogen and oxygen atoms in total. The van der Waals surface area contributed by atoms with Gasteiger partial charge in [-0.1, -0.05) is 37.6 Å². The van der Waals surface area contributed by atoms with E-state index in [1.807, 2.05) is 19.1 Å². The maximum atomic E-state index is 10.4. The molecule has 0 bridgehead atoms. The summed E-state index contributed by atoms with van der Waals surface area (Å²) in [6, 6.07) is 8.25. The van der Waals surface area contributed by atoms with Gasteiger partial charge in [-0.05, 0) is 36.1 Å². The highest BCUT2D eigenvalue weighted by atomic mass is 16.1. The third-order valence-corrected chi connectivity index (χ3v) is 2.28. The molecule has 74 valence electrons. The summed E-state index contributed by atoms with van der Waals surface area (Å²) in [7, 11) is 0. The second kappa shape index (κ2) is 5.38. The van der Waals surface area contributed by atoms with Gasteiger partial charge in [-0.2, -0.15) is 0 Å². The fraction of sp³-hybridized carbons (Fsp3) is 0.308. The van der Waals surface area contributed by atoms with Crippen molar-refractivity contribution in [3.05, 3.63) is 41.5 Å². The number of rotatable bonds is 4. The minimum Gasteiger partial charge on any atom is -0.299 e. The Kier molecular flexibility index (Phi) is 4.11. The number of hydrogen-bond donors (Lipinski definition) is 0. The van der Waals surface area contributed by atoms with Crippen molar-refractivity contribution in [1.29, 1.82) is 0 Å². The third kappa shape index (κ3) is 2.56. The third-order valence-electron chi connectivity index (χ3n) is 2.28. The van der Waals surface area contributed by atoms with E-state index in [-0.39, 0.29) is 0 Å². The Morgan fingerprint density at radius 1 is 1.36 bits per heavy atom. The molecule has 0 aromatic heterocycles. The van der Waals surface area contributed by atoms with E-state index in [1.54, 1.807) is 6.08 Å². The lowest BCUT2D eigenvalue weighted by atomic mass is 9.98. The maximum Gasteiger partial charge on any atom is 0.143 e. The predicted molar refractivity (Wildman–Crippen MR) is 60.2 cm³/mol. The van der Waals surface area contributed by atoms with E-state index in [0.29, 0.717) is 0 Å². The molecule has 1 aromatic rings. The van der Waals surface area contributed by atoms with Crippen LogP contribution in [0.4, 0.5) is 0 Å². The maximum absolute atomic E-state index is 10.4. The molecule has 0 spiro atoms. The van der Waals surface area contributed by atoms with Crippen molar-refractivity contribution >= 4 is 11.9 Å². The second-order valence-electron chi connectivity index (χ2n) is 3.39. The van der Waals surface area contributed by atoms with E-state index in [1.165, 1.54) is 11.1 Å². The van der Waals surface area contributed by atoms with Crippen molar-refractivity contribution in [2.24, 2.45) is 0 Å². The van der Waals surface area contributed by atoms with Gasteiger partial charge in [0.2, 0.25) is 0 Å². The summed E-state index contributed by atoms with van der Waals surface area (Å²) < 4.78 is 0. The number of aryl methyl sites for hydroxylation is 1. The van der Waals surface area contributed by atoms with Crippen LogP contribution in [0.3, 0.4) is 0 Å². The van der Waals surface area contributed by atoms with Crippen LogP contribution in [0.1, 0.15) is 31.4 Å². The summed E-state index contributed by atoms with van der Waals surface area (Å²) in [5.41, 5.74) is 3.57. The van der Waals surface area contributed by atoms with Crippen LogP contribution in [0.2, 0.25) is 0 Å². The number of allylic oxidation sites excluding steroid dienone is 2. The van der Waals surface area contributed by atoms with Crippen molar-refractivity contribution in [3.63, 3.8) is 0 Å². The zero-order valence-electron chi connectivity index (χ0n) is 8.79. The average Bonchev–Trinajstić information content (AvgIpc) is 2.19. The fourth-order valence-corrected chi connectivity index (χ4v) is 1.58. The molecule has 0 fully saturated rings. The molecule has 0 aliphatic rings. The highest BCUT2D eigenvalue weighted by molar-refractivity contribution is 5.81. The van der Waals surface area contributed by atoms with E-state index >= 15 is 0 Å². The summed E-state index contributed by atoms with van der Waals surface area (Å²) in [5, 5.41) is 0. The zero-order valence-corrected chi connectivity index (χ0v) is 8.79. The summed E-state index contributed by atoms with van der Waals surface area (Å²) in [5.74, 6) is 0. The van der Waals surface area contributed by atoms with Crippen LogP contribution in [0.15, 0.2) is 30.3 Å². The van der Waals surface area contributed by atoms with Crippen LogP contribution in [-0.4, -0.2) is 6.29 Å². The molecule has 0 atom stereocenters. The van der Waals surface area contributed by atoms with E-state index in [4.69, 9.17) is 0 Å². The summed E-state index contributed by atoms with van der Waals surface area (Å²) >= 11 is 0. The number of carbonyl (C=O) groups is 1. The Labute approximate surface area is 85.5 Å². The van der Waals surface area contributed by atoms with Crippen LogP contribution in [0.5, 0.6) is 0 Å². The molecule has 1 rings (SSSR count). The molecule has 0 amide bonds. The Hall–Kier alpha value is -1.37. The quantitative estimate of drug-likeness (QED) is 0.523. The Balaban J connectivity index is 3.06. The number of carbonyl (C=O) groups excluding carboxylic acids is 1. The Bertz CT molecular complexity index is 337. The molecule has 0 radical (unpaired) electrons. The van der Waals surface area contributed by atoms with Crippen LogP contribution in [0.25, 0.3) is 5.57 Å². The Morgan fingerprint density at radius 2 is 2.07 bits per heavy atom. The van der Waals surface area contributed by atoms with Crippen molar-refractivity contribution in [3.8, 4) is 0 Å². The number of benzene rings is 1. The average molecular weight is 188 g/mol. The van der Waals surface area contributed by atoms with Gasteiger partial charge in [0.1, 0.15) is 6.29 Å². The first kappa shape index (κ1) is 10.7. The van der Waals surface area contributed by atoms with Gasteiger partial charge in [0.25, 0.3) is 0 Å². The number of aldehydes is 1. The standard InChI is InChI=1S/C13H16O/c1-3-6-12-7-4-5-8-13(12)11(2)9-10-14/h4-5,7-10H,3,6H2,1-2H3/b11-9+.